The maximum Gasteiger partial charge on any atom is 0.308 e. The van der Waals surface area contributed by atoms with Crippen LogP contribution in [0.2, 0.25) is 0 Å². The first-order chi connectivity index (χ1) is 11.2. The molecule has 23 heavy (non-hydrogen) atoms. The molecule has 1 saturated carbocycles. The van der Waals surface area contributed by atoms with Crippen LogP contribution in [0.4, 0.5) is 4.39 Å². The molecule has 0 bridgehead atoms. The Morgan fingerprint density at radius 2 is 2.35 bits per heavy atom. The molecule has 0 amide bonds. The van der Waals surface area contributed by atoms with Crippen LogP contribution in [-0.4, -0.2) is 17.6 Å². The largest absolute Gasteiger partial charge is 0.466 e. The van der Waals surface area contributed by atoms with Crippen molar-refractivity contribution >= 4 is 33.6 Å². The average molecular weight is 333 g/mol. The molecular formula is C18H20FNO2S. The van der Waals surface area contributed by atoms with Crippen molar-refractivity contribution < 1.29 is 13.9 Å². The molecular weight excluding hydrogens is 313 g/mol. The number of hydrogen-bond donors (Lipinski definition) is 0. The average Bonchev–Trinajstić information content (AvgIpc) is 2.95. The number of benzene rings is 1. The summed E-state index contributed by atoms with van der Waals surface area (Å²) in [6, 6.07) is 4.68. The molecule has 5 heteroatoms. The summed E-state index contributed by atoms with van der Waals surface area (Å²) in [6.07, 6.45) is 8.04. The van der Waals surface area contributed by atoms with Gasteiger partial charge in [-0.3, -0.25) is 4.79 Å². The van der Waals surface area contributed by atoms with Gasteiger partial charge in [-0.15, -0.1) is 11.3 Å². The number of rotatable bonds is 4. The lowest BCUT2D eigenvalue weighted by Crippen LogP contribution is -2.24. The molecule has 2 unspecified atom stereocenters. The zero-order valence-electron chi connectivity index (χ0n) is 13.1. The van der Waals surface area contributed by atoms with E-state index in [2.05, 4.69) is 11.1 Å². The molecule has 0 radical (unpaired) electrons. The fourth-order valence-electron chi connectivity index (χ4n) is 3.08. The van der Waals surface area contributed by atoms with Gasteiger partial charge in [-0.25, -0.2) is 9.37 Å². The molecule has 1 aromatic heterocycles. The van der Waals surface area contributed by atoms with Crippen molar-refractivity contribution in [3.63, 3.8) is 0 Å². The molecule has 1 fully saturated rings. The van der Waals surface area contributed by atoms with Crippen LogP contribution in [0.5, 0.6) is 0 Å². The van der Waals surface area contributed by atoms with Gasteiger partial charge >= 0.3 is 5.97 Å². The molecule has 0 aliphatic heterocycles. The predicted molar refractivity (Wildman–Crippen MR) is 90.7 cm³/mol. The smallest absolute Gasteiger partial charge is 0.308 e. The number of nitrogens with zero attached hydrogens (tertiary/aromatic N) is 1. The molecule has 1 heterocycles. The highest BCUT2D eigenvalue weighted by atomic mass is 32.1. The normalized spacial score (nSPS) is 21.8. The number of aromatic nitrogens is 1. The Hall–Kier alpha value is -1.75. The van der Waals surface area contributed by atoms with Gasteiger partial charge < -0.3 is 4.74 Å². The van der Waals surface area contributed by atoms with Gasteiger partial charge in [-0.05, 0) is 50.3 Å². The van der Waals surface area contributed by atoms with Crippen molar-refractivity contribution in [2.75, 3.05) is 6.61 Å². The van der Waals surface area contributed by atoms with Crippen molar-refractivity contribution in [2.45, 2.75) is 32.6 Å². The number of halogens is 1. The van der Waals surface area contributed by atoms with E-state index in [-0.39, 0.29) is 17.7 Å². The van der Waals surface area contributed by atoms with E-state index in [1.165, 1.54) is 12.1 Å². The van der Waals surface area contributed by atoms with Gasteiger partial charge in [0.2, 0.25) is 0 Å². The SMILES string of the molecule is CCOC(=O)C1CCCC(/C=C/c2nc3cc(F)ccc3s2)C1. The molecule has 3 rings (SSSR count). The topological polar surface area (TPSA) is 39.2 Å². The Bertz CT molecular complexity index is 725. The molecule has 0 N–H and O–H groups in total. The van der Waals surface area contributed by atoms with Crippen molar-refractivity contribution in [1.29, 1.82) is 0 Å². The van der Waals surface area contributed by atoms with Gasteiger partial charge in [0, 0.05) is 6.07 Å². The predicted octanol–water partition coefficient (Wildman–Crippen LogP) is 4.82. The van der Waals surface area contributed by atoms with Crippen molar-refractivity contribution in [1.82, 2.24) is 4.98 Å². The summed E-state index contributed by atoms with van der Waals surface area (Å²) in [5.41, 5.74) is 0.697. The highest BCUT2D eigenvalue weighted by molar-refractivity contribution is 7.19. The molecule has 122 valence electrons. The molecule has 2 atom stereocenters. The Balaban J connectivity index is 1.67. The summed E-state index contributed by atoms with van der Waals surface area (Å²) in [5.74, 6) is 0.0636. The molecule has 0 saturated heterocycles. The number of ether oxygens (including phenoxy) is 1. The number of carbonyl (C=O) groups excluding carboxylic acids is 1. The van der Waals surface area contributed by atoms with E-state index in [9.17, 15) is 9.18 Å². The Morgan fingerprint density at radius 3 is 3.17 bits per heavy atom. The zero-order valence-corrected chi connectivity index (χ0v) is 13.9. The lowest BCUT2D eigenvalue weighted by atomic mass is 9.81. The summed E-state index contributed by atoms with van der Waals surface area (Å²) in [4.78, 5) is 16.3. The first-order valence-electron chi connectivity index (χ1n) is 8.06. The van der Waals surface area contributed by atoms with Crippen molar-refractivity contribution in [3.8, 4) is 0 Å². The van der Waals surface area contributed by atoms with Crippen molar-refractivity contribution in [2.24, 2.45) is 11.8 Å². The van der Waals surface area contributed by atoms with Crippen LogP contribution in [0, 0.1) is 17.7 Å². The third-order valence-electron chi connectivity index (χ3n) is 4.21. The van der Waals surface area contributed by atoms with Crippen LogP contribution in [0.3, 0.4) is 0 Å². The van der Waals surface area contributed by atoms with Crippen molar-refractivity contribution in [3.05, 3.63) is 35.1 Å². The fourth-order valence-corrected chi connectivity index (χ4v) is 3.95. The van der Waals surface area contributed by atoms with Gasteiger partial charge in [-0.2, -0.15) is 0 Å². The van der Waals surface area contributed by atoms with Crippen LogP contribution in [0.15, 0.2) is 24.3 Å². The Labute approximate surface area is 139 Å². The molecule has 2 aromatic rings. The maximum atomic E-state index is 13.2. The number of fused-ring (bicyclic) bond motifs is 1. The minimum atomic E-state index is -0.261. The highest BCUT2D eigenvalue weighted by Gasteiger charge is 2.26. The summed E-state index contributed by atoms with van der Waals surface area (Å²) in [7, 11) is 0. The number of allylic oxidation sites excluding steroid dienone is 1. The first kappa shape index (κ1) is 16.1. The highest BCUT2D eigenvalue weighted by Crippen LogP contribution is 2.32. The molecule has 1 aliphatic carbocycles. The van der Waals surface area contributed by atoms with E-state index in [0.29, 0.717) is 18.0 Å². The summed E-state index contributed by atoms with van der Waals surface area (Å²) < 4.78 is 19.3. The molecule has 1 aliphatic rings. The lowest BCUT2D eigenvalue weighted by molar-refractivity contribution is -0.149. The van der Waals surface area contributed by atoms with E-state index < -0.39 is 0 Å². The van der Waals surface area contributed by atoms with E-state index in [1.54, 1.807) is 17.4 Å². The monoisotopic (exact) mass is 333 g/mol. The third-order valence-corrected chi connectivity index (χ3v) is 5.21. The van der Waals surface area contributed by atoms with Crippen LogP contribution in [-0.2, 0) is 9.53 Å². The third kappa shape index (κ3) is 3.96. The van der Waals surface area contributed by atoms with Gasteiger partial charge in [0.25, 0.3) is 0 Å². The number of hydrogen-bond acceptors (Lipinski definition) is 4. The molecule has 0 spiro atoms. The second-order valence-electron chi connectivity index (χ2n) is 5.90. The second-order valence-corrected chi connectivity index (χ2v) is 6.96. The molecule has 1 aromatic carbocycles. The quantitative estimate of drug-likeness (QED) is 0.753. The summed E-state index contributed by atoms with van der Waals surface area (Å²) in [6.45, 7) is 2.28. The second kappa shape index (κ2) is 7.21. The van der Waals surface area contributed by atoms with E-state index in [0.717, 1.165) is 35.4 Å². The standard InChI is InChI=1S/C18H20FNO2S/c1-2-22-18(21)13-5-3-4-12(10-13)6-9-17-20-15-11-14(19)7-8-16(15)23-17/h6-9,11-13H,2-5,10H2,1H3/b9-6+. The van der Waals surface area contributed by atoms with E-state index >= 15 is 0 Å². The van der Waals surface area contributed by atoms with E-state index in [4.69, 9.17) is 4.74 Å². The van der Waals surface area contributed by atoms with Crippen LogP contribution in [0.1, 0.15) is 37.6 Å². The number of carbonyl (C=O) groups is 1. The fraction of sp³-hybridized carbons (Fsp3) is 0.444. The Morgan fingerprint density at radius 1 is 1.48 bits per heavy atom. The first-order valence-corrected chi connectivity index (χ1v) is 8.88. The number of thiazole rings is 1. The van der Waals surface area contributed by atoms with E-state index in [1.807, 2.05) is 13.0 Å². The van der Waals surface area contributed by atoms with Crippen LogP contribution < -0.4 is 0 Å². The summed E-state index contributed by atoms with van der Waals surface area (Å²) >= 11 is 1.55. The van der Waals surface area contributed by atoms with Crippen LogP contribution >= 0.6 is 11.3 Å². The minimum absolute atomic E-state index is 0.0165. The van der Waals surface area contributed by atoms with Crippen LogP contribution in [0.25, 0.3) is 16.3 Å². The minimum Gasteiger partial charge on any atom is -0.466 e. The Kier molecular flexibility index (Phi) is 5.06. The molecule has 3 nitrogen and oxygen atoms in total. The summed E-state index contributed by atoms with van der Waals surface area (Å²) in [5, 5.41) is 0.879. The number of esters is 1. The lowest BCUT2D eigenvalue weighted by Gasteiger charge is -2.25. The van der Waals surface area contributed by atoms with Gasteiger partial charge in [0.05, 0.1) is 22.7 Å². The maximum absolute atomic E-state index is 13.2. The van der Waals surface area contributed by atoms with Gasteiger partial charge in [-0.1, -0.05) is 12.5 Å². The zero-order chi connectivity index (χ0) is 16.2. The van der Waals surface area contributed by atoms with Gasteiger partial charge in [0.1, 0.15) is 10.8 Å². The van der Waals surface area contributed by atoms with Gasteiger partial charge in [0.15, 0.2) is 0 Å².